The average Bonchev–Trinajstić information content (AvgIpc) is 2.71. The standard InChI is InChI=1S/C25H26O2S/c1-2-25(17-26-18-25)19-28-24-14-10-21(11-15-24)16-20-8-12-23(13-9-20)27-22-6-4-3-5-7-22/h3-15H,2,16-19H2,1H3. The number of para-hydroxylation sites is 1. The Kier molecular flexibility index (Phi) is 6.04. The van der Waals surface area contributed by atoms with E-state index in [4.69, 9.17) is 9.47 Å². The lowest BCUT2D eigenvalue weighted by Crippen LogP contribution is -2.44. The number of hydrogen-bond acceptors (Lipinski definition) is 3. The van der Waals surface area contributed by atoms with E-state index in [1.807, 2.05) is 54.2 Å². The van der Waals surface area contributed by atoms with Gasteiger partial charge in [-0.15, -0.1) is 11.8 Å². The van der Waals surface area contributed by atoms with E-state index in [9.17, 15) is 0 Å². The molecule has 0 N–H and O–H groups in total. The van der Waals surface area contributed by atoms with Crippen LogP contribution in [0.1, 0.15) is 24.5 Å². The predicted octanol–water partition coefficient (Wildman–Crippen LogP) is 6.59. The van der Waals surface area contributed by atoms with Crippen LogP contribution in [0.15, 0.2) is 83.8 Å². The molecule has 3 heteroatoms. The number of benzene rings is 3. The molecule has 0 radical (unpaired) electrons. The fourth-order valence-corrected chi connectivity index (χ4v) is 4.43. The molecular formula is C25H26O2S. The van der Waals surface area contributed by atoms with Crippen molar-refractivity contribution in [1.82, 2.24) is 0 Å². The summed E-state index contributed by atoms with van der Waals surface area (Å²) in [5.41, 5.74) is 3.02. The van der Waals surface area contributed by atoms with Gasteiger partial charge in [-0.05, 0) is 60.4 Å². The molecule has 0 unspecified atom stereocenters. The summed E-state index contributed by atoms with van der Waals surface area (Å²) in [5.74, 6) is 2.87. The molecule has 144 valence electrons. The first-order chi connectivity index (χ1) is 13.7. The van der Waals surface area contributed by atoms with E-state index in [1.54, 1.807) is 0 Å². The van der Waals surface area contributed by atoms with E-state index in [0.717, 1.165) is 36.9 Å². The molecular weight excluding hydrogens is 364 g/mol. The Morgan fingerprint density at radius 2 is 1.43 bits per heavy atom. The summed E-state index contributed by atoms with van der Waals surface area (Å²) in [7, 11) is 0. The zero-order valence-corrected chi connectivity index (χ0v) is 17.1. The minimum absolute atomic E-state index is 0.396. The second kappa shape index (κ2) is 8.85. The fraction of sp³-hybridized carbons (Fsp3) is 0.280. The molecule has 0 aromatic heterocycles. The van der Waals surface area contributed by atoms with Gasteiger partial charge in [0.05, 0.1) is 13.2 Å². The third kappa shape index (κ3) is 4.78. The molecule has 0 bridgehead atoms. The van der Waals surface area contributed by atoms with Crippen molar-refractivity contribution < 1.29 is 9.47 Å². The summed E-state index contributed by atoms with van der Waals surface area (Å²) in [6.07, 6.45) is 2.13. The maximum absolute atomic E-state index is 5.87. The molecule has 0 amide bonds. The Morgan fingerprint density at radius 3 is 2.00 bits per heavy atom. The molecule has 28 heavy (non-hydrogen) atoms. The summed E-state index contributed by atoms with van der Waals surface area (Å²) < 4.78 is 11.3. The first kappa shape index (κ1) is 19.1. The minimum atomic E-state index is 0.396. The Labute approximate surface area is 171 Å². The van der Waals surface area contributed by atoms with Crippen molar-refractivity contribution in [2.45, 2.75) is 24.7 Å². The smallest absolute Gasteiger partial charge is 0.127 e. The molecule has 1 fully saturated rings. The van der Waals surface area contributed by atoms with Gasteiger partial charge in [0.25, 0.3) is 0 Å². The fourth-order valence-electron chi connectivity index (χ4n) is 3.26. The van der Waals surface area contributed by atoms with Crippen molar-refractivity contribution in [2.24, 2.45) is 5.41 Å². The highest BCUT2D eigenvalue weighted by Gasteiger charge is 2.36. The van der Waals surface area contributed by atoms with Gasteiger partial charge in [0, 0.05) is 16.1 Å². The summed E-state index contributed by atoms with van der Waals surface area (Å²) in [5, 5.41) is 0. The van der Waals surface area contributed by atoms with Crippen LogP contribution in [0.4, 0.5) is 0 Å². The average molecular weight is 391 g/mol. The van der Waals surface area contributed by atoms with Gasteiger partial charge in [0.1, 0.15) is 11.5 Å². The van der Waals surface area contributed by atoms with Crippen LogP contribution in [0, 0.1) is 5.41 Å². The van der Waals surface area contributed by atoms with Crippen LogP contribution in [0.2, 0.25) is 0 Å². The highest BCUT2D eigenvalue weighted by Crippen LogP contribution is 2.37. The Bertz CT molecular complexity index is 863. The van der Waals surface area contributed by atoms with Crippen LogP contribution >= 0.6 is 11.8 Å². The SMILES string of the molecule is CCC1(CSc2ccc(Cc3ccc(Oc4ccccc4)cc3)cc2)COC1. The van der Waals surface area contributed by atoms with Crippen LogP contribution in [-0.2, 0) is 11.2 Å². The van der Waals surface area contributed by atoms with Crippen molar-refractivity contribution in [3.05, 3.63) is 90.0 Å². The van der Waals surface area contributed by atoms with Gasteiger partial charge in [-0.3, -0.25) is 0 Å². The first-order valence-corrected chi connectivity index (χ1v) is 10.8. The Morgan fingerprint density at radius 1 is 0.821 bits per heavy atom. The van der Waals surface area contributed by atoms with Crippen molar-refractivity contribution >= 4 is 11.8 Å². The Balaban J connectivity index is 1.31. The van der Waals surface area contributed by atoms with Crippen LogP contribution < -0.4 is 4.74 Å². The lowest BCUT2D eigenvalue weighted by atomic mass is 9.86. The van der Waals surface area contributed by atoms with Crippen molar-refractivity contribution in [1.29, 1.82) is 0 Å². The molecule has 1 aliphatic rings. The number of rotatable bonds is 8. The van der Waals surface area contributed by atoms with Gasteiger partial charge in [-0.1, -0.05) is 49.4 Å². The van der Waals surface area contributed by atoms with Crippen molar-refractivity contribution in [3.8, 4) is 11.5 Å². The topological polar surface area (TPSA) is 18.5 Å². The van der Waals surface area contributed by atoms with Crippen LogP contribution in [0.25, 0.3) is 0 Å². The van der Waals surface area contributed by atoms with Crippen molar-refractivity contribution in [3.63, 3.8) is 0 Å². The lowest BCUT2D eigenvalue weighted by molar-refractivity contribution is -0.0994. The quantitative estimate of drug-likeness (QED) is 0.404. The van der Waals surface area contributed by atoms with Gasteiger partial charge in [-0.2, -0.15) is 0 Å². The van der Waals surface area contributed by atoms with E-state index in [1.165, 1.54) is 22.4 Å². The monoisotopic (exact) mass is 390 g/mol. The molecule has 0 saturated carbocycles. The number of thioether (sulfide) groups is 1. The molecule has 1 heterocycles. The second-order valence-electron chi connectivity index (χ2n) is 7.51. The largest absolute Gasteiger partial charge is 0.457 e. The van der Waals surface area contributed by atoms with Gasteiger partial charge < -0.3 is 9.47 Å². The summed E-state index contributed by atoms with van der Waals surface area (Å²) in [6, 6.07) is 27.2. The van der Waals surface area contributed by atoms with Crippen LogP contribution in [-0.4, -0.2) is 19.0 Å². The molecule has 4 rings (SSSR count). The van der Waals surface area contributed by atoms with Gasteiger partial charge in [0.15, 0.2) is 0 Å². The third-order valence-corrected chi connectivity index (χ3v) is 6.71. The third-order valence-electron chi connectivity index (χ3n) is 5.35. The van der Waals surface area contributed by atoms with Crippen molar-refractivity contribution in [2.75, 3.05) is 19.0 Å². The van der Waals surface area contributed by atoms with Crippen LogP contribution in [0.5, 0.6) is 11.5 Å². The number of ether oxygens (including phenoxy) is 2. The minimum Gasteiger partial charge on any atom is -0.457 e. The molecule has 0 atom stereocenters. The molecule has 1 saturated heterocycles. The highest BCUT2D eigenvalue weighted by molar-refractivity contribution is 7.99. The zero-order chi connectivity index (χ0) is 19.2. The predicted molar refractivity (Wildman–Crippen MR) is 116 cm³/mol. The van der Waals surface area contributed by atoms with Gasteiger partial charge in [0.2, 0.25) is 0 Å². The van der Waals surface area contributed by atoms with Gasteiger partial charge >= 0.3 is 0 Å². The molecule has 1 aliphatic heterocycles. The molecule has 2 nitrogen and oxygen atoms in total. The zero-order valence-electron chi connectivity index (χ0n) is 16.3. The molecule has 0 spiro atoms. The molecule has 0 aliphatic carbocycles. The van der Waals surface area contributed by atoms with E-state index >= 15 is 0 Å². The summed E-state index contributed by atoms with van der Waals surface area (Å²) >= 11 is 1.95. The first-order valence-electron chi connectivity index (χ1n) is 9.86. The number of hydrogen-bond donors (Lipinski definition) is 0. The van der Waals surface area contributed by atoms with Gasteiger partial charge in [-0.25, -0.2) is 0 Å². The maximum Gasteiger partial charge on any atom is 0.127 e. The second-order valence-corrected chi connectivity index (χ2v) is 8.56. The molecule has 3 aromatic carbocycles. The van der Waals surface area contributed by atoms with E-state index in [-0.39, 0.29) is 0 Å². The summed E-state index contributed by atoms with van der Waals surface area (Å²) in [4.78, 5) is 1.34. The normalized spacial score (nSPS) is 15.0. The summed E-state index contributed by atoms with van der Waals surface area (Å²) in [6.45, 7) is 4.10. The Hall–Kier alpha value is -2.23. The maximum atomic E-state index is 5.87. The lowest BCUT2D eigenvalue weighted by Gasteiger charge is -2.40. The highest BCUT2D eigenvalue weighted by atomic mass is 32.2. The van der Waals surface area contributed by atoms with E-state index in [0.29, 0.717) is 5.41 Å². The van der Waals surface area contributed by atoms with E-state index < -0.39 is 0 Å². The van der Waals surface area contributed by atoms with E-state index in [2.05, 4.69) is 43.3 Å². The molecule has 3 aromatic rings. The van der Waals surface area contributed by atoms with Crippen LogP contribution in [0.3, 0.4) is 0 Å².